The SMILES string of the molecule is O=C(c1cc([N+](=O)[O-])c(N2CCOCC2)c([N+](=O)[O-])c1)n1nnc2ccccc21. The number of anilines is 1. The molecule has 0 radical (unpaired) electrons. The molecule has 0 spiro atoms. The molecule has 1 aliphatic heterocycles. The average Bonchev–Trinajstić information content (AvgIpc) is 3.17. The van der Waals surface area contributed by atoms with Crippen LogP contribution in [0.5, 0.6) is 0 Å². The van der Waals surface area contributed by atoms with Crippen molar-refractivity contribution in [2.75, 3.05) is 31.2 Å². The lowest BCUT2D eigenvalue weighted by Crippen LogP contribution is -2.37. The van der Waals surface area contributed by atoms with Gasteiger partial charge in [-0.2, -0.15) is 4.68 Å². The van der Waals surface area contributed by atoms with Crippen LogP contribution < -0.4 is 4.90 Å². The number of carbonyl (C=O) groups excluding carboxylic acids is 1. The second-order valence-corrected chi connectivity index (χ2v) is 6.27. The molecule has 0 aliphatic carbocycles. The summed E-state index contributed by atoms with van der Waals surface area (Å²) >= 11 is 0. The number of nitro benzene ring substituents is 2. The molecule has 148 valence electrons. The Labute approximate surface area is 162 Å². The minimum atomic E-state index is -0.751. The standard InChI is InChI=1S/C17H14N6O6/c24-17(21-13-4-2-1-3-12(13)18-19-21)11-9-14(22(25)26)16(15(10-11)23(27)28)20-5-7-29-8-6-20/h1-4,9-10H,5-8H2. The lowest BCUT2D eigenvalue weighted by Gasteiger charge is -2.28. The van der Waals surface area contributed by atoms with E-state index in [9.17, 15) is 25.0 Å². The van der Waals surface area contributed by atoms with Gasteiger partial charge in [0, 0.05) is 25.2 Å². The second-order valence-electron chi connectivity index (χ2n) is 6.27. The topological polar surface area (TPSA) is 147 Å². The van der Waals surface area contributed by atoms with E-state index < -0.39 is 27.1 Å². The van der Waals surface area contributed by atoms with Gasteiger partial charge in [-0.1, -0.05) is 17.3 Å². The molecule has 2 aromatic carbocycles. The van der Waals surface area contributed by atoms with E-state index in [4.69, 9.17) is 4.74 Å². The van der Waals surface area contributed by atoms with Crippen molar-refractivity contribution >= 4 is 34.0 Å². The van der Waals surface area contributed by atoms with Gasteiger partial charge in [0.05, 0.1) is 34.1 Å². The van der Waals surface area contributed by atoms with E-state index in [1.807, 2.05) is 0 Å². The number of rotatable bonds is 4. The highest BCUT2D eigenvalue weighted by Gasteiger charge is 2.33. The van der Waals surface area contributed by atoms with Crippen LogP contribution in [0.2, 0.25) is 0 Å². The Hall–Kier alpha value is -3.93. The van der Waals surface area contributed by atoms with Gasteiger partial charge in [-0.15, -0.1) is 5.10 Å². The van der Waals surface area contributed by atoms with Crippen molar-refractivity contribution in [3.05, 3.63) is 62.2 Å². The van der Waals surface area contributed by atoms with Crippen molar-refractivity contribution in [3.8, 4) is 0 Å². The number of aromatic nitrogens is 3. The van der Waals surface area contributed by atoms with E-state index in [0.717, 1.165) is 16.8 Å². The molecule has 2 heterocycles. The number of ether oxygens (including phenoxy) is 1. The van der Waals surface area contributed by atoms with Gasteiger partial charge in [0.15, 0.2) is 5.69 Å². The third-order valence-corrected chi connectivity index (χ3v) is 4.58. The number of nitrogens with zero attached hydrogens (tertiary/aromatic N) is 6. The van der Waals surface area contributed by atoms with Crippen LogP contribution in [0, 0.1) is 20.2 Å². The van der Waals surface area contributed by atoms with Crippen LogP contribution in [-0.2, 0) is 4.74 Å². The maximum atomic E-state index is 12.9. The summed E-state index contributed by atoms with van der Waals surface area (Å²) in [6.07, 6.45) is 0. The van der Waals surface area contributed by atoms with Crippen molar-refractivity contribution in [1.29, 1.82) is 0 Å². The Morgan fingerprint density at radius 2 is 1.66 bits per heavy atom. The van der Waals surface area contributed by atoms with Gasteiger partial charge >= 0.3 is 0 Å². The lowest BCUT2D eigenvalue weighted by atomic mass is 10.1. The van der Waals surface area contributed by atoms with Crippen LogP contribution in [-0.4, -0.2) is 57.1 Å². The number of carbonyl (C=O) groups is 1. The monoisotopic (exact) mass is 398 g/mol. The lowest BCUT2D eigenvalue weighted by molar-refractivity contribution is -0.392. The van der Waals surface area contributed by atoms with Crippen LogP contribution in [0.15, 0.2) is 36.4 Å². The summed E-state index contributed by atoms with van der Waals surface area (Å²) in [4.78, 5) is 36.4. The Balaban J connectivity index is 1.87. The Morgan fingerprint density at radius 1 is 1.03 bits per heavy atom. The van der Waals surface area contributed by atoms with Gasteiger partial charge in [-0.3, -0.25) is 25.0 Å². The van der Waals surface area contributed by atoms with Crippen molar-refractivity contribution in [2.24, 2.45) is 0 Å². The molecule has 0 atom stereocenters. The van der Waals surface area contributed by atoms with Crippen molar-refractivity contribution in [1.82, 2.24) is 15.0 Å². The van der Waals surface area contributed by atoms with Gasteiger partial charge in [-0.05, 0) is 12.1 Å². The molecule has 3 aromatic rings. The molecule has 0 bridgehead atoms. The van der Waals surface area contributed by atoms with E-state index in [1.165, 1.54) is 4.90 Å². The first-order chi connectivity index (χ1) is 14.0. The maximum absolute atomic E-state index is 12.9. The Morgan fingerprint density at radius 3 is 2.28 bits per heavy atom. The largest absolute Gasteiger partial charge is 0.378 e. The van der Waals surface area contributed by atoms with Crippen LogP contribution >= 0.6 is 0 Å². The molecule has 12 heteroatoms. The molecule has 1 aliphatic rings. The van der Waals surface area contributed by atoms with E-state index in [2.05, 4.69) is 10.3 Å². The fourth-order valence-corrected chi connectivity index (χ4v) is 3.26. The summed E-state index contributed by atoms with van der Waals surface area (Å²) in [6.45, 7) is 1.12. The zero-order valence-electron chi connectivity index (χ0n) is 14.9. The number of benzene rings is 2. The van der Waals surface area contributed by atoms with E-state index in [-0.39, 0.29) is 24.3 Å². The summed E-state index contributed by atoms with van der Waals surface area (Å²) in [5, 5.41) is 31.0. The molecule has 0 amide bonds. The molecule has 0 saturated carbocycles. The molecule has 4 rings (SSSR count). The normalized spacial score (nSPS) is 14.1. The van der Waals surface area contributed by atoms with Crippen molar-refractivity contribution < 1.29 is 19.4 Å². The minimum Gasteiger partial charge on any atom is -0.378 e. The van der Waals surface area contributed by atoms with Gasteiger partial charge < -0.3 is 9.64 Å². The highest BCUT2D eigenvalue weighted by atomic mass is 16.6. The first-order valence-electron chi connectivity index (χ1n) is 8.62. The van der Waals surface area contributed by atoms with Gasteiger partial charge in [0.2, 0.25) is 0 Å². The first kappa shape index (κ1) is 18.4. The summed E-state index contributed by atoms with van der Waals surface area (Å²) in [7, 11) is 0. The van der Waals surface area contributed by atoms with Crippen LogP contribution in [0.25, 0.3) is 11.0 Å². The predicted molar refractivity (Wildman–Crippen MR) is 100 cm³/mol. The number of morpholine rings is 1. The molecule has 1 fully saturated rings. The number of para-hydroxylation sites is 1. The molecule has 1 aromatic heterocycles. The van der Waals surface area contributed by atoms with E-state index in [1.54, 1.807) is 24.3 Å². The Bertz CT molecular complexity index is 1100. The number of nitro groups is 2. The van der Waals surface area contributed by atoms with Gasteiger partial charge in [0.25, 0.3) is 17.3 Å². The van der Waals surface area contributed by atoms with Crippen LogP contribution in [0.1, 0.15) is 10.4 Å². The molecule has 29 heavy (non-hydrogen) atoms. The highest BCUT2D eigenvalue weighted by molar-refractivity contribution is 6.02. The fraction of sp³-hybridized carbons (Fsp3) is 0.235. The fourth-order valence-electron chi connectivity index (χ4n) is 3.26. The molecular weight excluding hydrogens is 384 g/mol. The molecule has 0 N–H and O–H groups in total. The molecule has 0 unspecified atom stereocenters. The third kappa shape index (κ3) is 3.25. The van der Waals surface area contributed by atoms with Gasteiger partial charge in [-0.25, -0.2) is 0 Å². The number of hydrogen-bond donors (Lipinski definition) is 0. The van der Waals surface area contributed by atoms with Crippen molar-refractivity contribution in [3.63, 3.8) is 0 Å². The zero-order chi connectivity index (χ0) is 20.5. The molecular formula is C17H14N6O6. The van der Waals surface area contributed by atoms with Crippen LogP contribution in [0.4, 0.5) is 17.1 Å². The summed E-state index contributed by atoms with van der Waals surface area (Å²) in [5.74, 6) is -0.751. The summed E-state index contributed by atoms with van der Waals surface area (Å²) in [6, 6.07) is 8.74. The van der Waals surface area contributed by atoms with E-state index in [0.29, 0.717) is 24.2 Å². The van der Waals surface area contributed by atoms with E-state index >= 15 is 0 Å². The molecule has 1 saturated heterocycles. The smallest absolute Gasteiger partial charge is 0.300 e. The number of fused-ring (bicyclic) bond motifs is 1. The second kappa shape index (κ2) is 7.24. The Kier molecular flexibility index (Phi) is 4.60. The zero-order valence-corrected chi connectivity index (χ0v) is 14.9. The summed E-state index contributed by atoms with van der Waals surface area (Å²) in [5.41, 5.74) is -0.558. The highest BCUT2D eigenvalue weighted by Crippen LogP contribution is 2.39. The predicted octanol–water partition coefficient (Wildman–Crippen LogP) is 1.77. The van der Waals surface area contributed by atoms with Gasteiger partial charge in [0.1, 0.15) is 5.52 Å². The van der Waals surface area contributed by atoms with Crippen molar-refractivity contribution in [2.45, 2.75) is 0 Å². The molecule has 12 nitrogen and oxygen atoms in total. The third-order valence-electron chi connectivity index (χ3n) is 4.58. The number of hydrogen-bond acceptors (Lipinski definition) is 9. The van der Waals surface area contributed by atoms with Crippen LogP contribution in [0.3, 0.4) is 0 Å². The quantitative estimate of drug-likeness (QED) is 0.474. The minimum absolute atomic E-state index is 0.136. The summed E-state index contributed by atoms with van der Waals surface area (Å²) < 4.78 is 6.18. The average molecular weight is 398 g/mol. The maximum Gasteiger partial charge on any atom is 0.300 e. The first-order valence-corrected chi connectivity index (χ1v) is 8.62.